The molecule has 0 amide bonds. The molecular formula is C19H22N4O2S. The van der Waals surface area contributed by atoms with Crippen LogP contribution in [0.15, 0.2) is 15.6 Å². The second-order valence-electron chi connectivity index (χ2n) is 7.74. The molecule has 1 unspecified atom stereocenters. The summed E-state index contributed by atoms with van der Waals surface area (Å²) in [5, 5.41) is 4.90. The van der Waals surface area contributed by atoms with Crippen LogP contribution in [0.25, 0.3) is 10.2 Å². The molecule has 5 rings (SSSR count). The first-order valence-electron chi connectivity index (χ1n) is 9.51. The van der Waals surface area contributed by atoms with Gasteiger partial charge in [0.15, 0.2) is 5.82 Å². The smallest absolute Gasteiger partial charge is 0.262 e. The zero-order valence-electron chi connectivity index (χ0n) is 14.9. The van der Waals surface area contributed by atoms with Crippen LogP contribution in [0.1, 0.15) is 67.1 Å². The monoisotopic (exact) mass is 370 g/mol. The highest BCUT2D eigenvalue weighted by molar-refractivity contribution is 7.18. The average molecular weight is 370 g/mol. The van der Waals surface area contributed by atoms with Gasteiger partial charge in [0.1, 0.15) is 4.83 Å². The van der Waals surface area contributed by atoms with Gasteiger partial charge >= 0.3 is 0 Å². The highest BCUT2D eigenvalue weighted by Crippen LogP contribution is 2.35. The zero-order valence-corrected chi connectivity index (χ0v) is 15.7. The molecule has 6 nitrogen and oxygen atoms in total. The van der Waals surface area contributed by atoms with Crippen molar-refractivity contribution in [3.63, 3.8) is 0 Å². The Kier molecular flexibility index (Phi) is 3.92. The maximum atomic E-state index is 13.1. The summed E-state index contributed by atoms with van der Waals surface area (Å²) < 4.78 is 7.06. The predicted octanol–water partition coefficient (Wildman–Crippen LogP) is 3.67. The standard InChI is InChI=1S/C19H22N4O2S/c1-11-6-7-13-14(8-11)26-18-16(13)19(24)23(10-20-18)9-15-21-17(25-22-15)12-4-2-3-5-12/h10-12H,2-9H2,1H3. The van der Waals surface area contributed by atoms with Crippen molar-refractivity contribution in [3.05, 3.63) is 38.8 Å². The molecule has 0 N–H and O–H groups in total. The molecule has 2 aliphatic rings. The van der Waals surface area contributed by atoms with E-state index in [0.717, 1.165) is 48.2 Å². The van der Waals surface area contributed by atoms with Crippen LogP contribution in [0.4, 0.5) is 0 Å². The highest BCUT2D eigenvalue weighted by atomic mass is 32.1. The third-order valence-electron chi connectivity index (χ3n) is 5.78. The van der Waals surface area contributed by atoms with Crippen molar-refractivity contribution in [1.29, 1.82) is 0 Å². The zero-order chi connectivity index (χ0) is 17.7. The molecule has 1 fully saturated rings. The van der Waals surface area contributed by atoms with Crippen molar-refractivity contribution >= 4 is 21.6 Å². The molecule has 3 heterocycles. The Bertz CT molecular complexity index is 1010. The van der Waals surface area contributed by atoms with Crippen molar-refractivity contribution < 1.29 is 4.52 Å². The lowest BCUT2D eigenvalue weighted by Gasteiger charge is -2.17. The largest absolute Gasteiger partial charge is 0.339 e. The Morgan fingerprint density at radius 2 is 2.15 bits per heavy atom. The van der Waals surface area contributed by atoms with Gasteiger partial charge in [0.25, 0.3) is 5.56 Å². The SMILES string of the molecule is CC1CCc2c(sc3ncn(Cc4noc(C5CCCC5)n4)c(=O)c23)C1. The Hall–Kier alpha value is -2.02. The normalized spacial score (nSPS) is 20.7. The van der Waals surface area contributed by atoms with E-state index in [1.165, 1.54) is 23.3 Å². The predicted molar refractivity (Wildman–Crippen MR) is 99.7 cm³/mol. The van der Waals surface area contributed by atoms with Gasteiger partial charge < -0.3 is 4.52 Å². The molecule has 136 valence electrons. The number of fused-ring (bicyclic) bond motifs is 3. The van der Waals surface area contributed by atoms with E-state index in [1.54, 1.807) is 22.2 Å². The van der Waals surface area contributed by atoms with Crippen LogP contribution in [0.3, 0.4) is 0 Å². The van der Waals surface area contributed by atoms with Crippen LogP contribution < -0.4 is 5.56 Å². The summed E-state index contributed by atoms with van der Waals surface area (Å²) >= 11 is 1.68. The molecule has 1 saturated carbocycles. The minimum absolute atomic E-state index is 0.0225. The Morgan fingerprint density at radius 1 is 1.31 bits per heavy atom. The highest BCUT2D eigenvalue weighted by Gasteiger charge is 2.25. The van der Waals surface area contributed by atoms with Gasteiger partial charge in [0.2, 0.25) is 5.89 Å². The van der Waals surface area contributed by atoms with Crippen LogP contribution in [0.5, 0.6) is 0 Å². The van der Waals surface area contributed by atoms with Gasteiger partial charge in [0.05, 0.1) is 18.3 Å². The fourth-order valence-electron chi connectivity index (χ4n) is 4.30. The van der Waals surface area contributed by atoms with E-state index >= 15 is 0 Å². The number of nitrogens with zero attached hydrogens (tertiary/aromatic N) is 4. The molecule has 7 heteroatoms. The lowest BCUT2D eigenvalue weighted by molar-refractivity contribution is 0.349. The Balaban J connectivity index is 1.48. The summed E-state index contributed by atoms with van der Waals surface area (Å²) in [4.78, 5) is 24.3. The molecule has 0 aliphatic heterocycles. The van der Waals surface area contributed by atoms with Crippen LogP contribution in [0.2, 0.25) is 0 Å². The minimum Gasteiger partial charge on any atom is -0.339 e. The first-order valence-corrected chi connectivity index (χ1v) is 10.3. The maximum Gasteiger partial charge on any atom is 0.262 e. The van der Waals surface area contributed by atoms with Crippen LogP contribution in [-0.2, 0) is 19.4 Å². The van der Waals surface area contributed by atoms with Crippen molar-refractivity contribution in [2.45, 2.75) is 64.3 Å². The third-order valence-corrected chi connectivity index (χ3v) is 6.94. The van der Waals surface area contributed by atoms with E-state index in [2.05, 4.69) is 22.0 Å². The second-order valence-corrected chi connectivity index (χ2v) is 8.82. The summed E-state index contributed by atoms with van der Waals surface area (Å²) in [7, 11) is 0. The van der Waals surface area contributed by atoms with Gasteiger partial charge in [-0.2, -0.15) is 4.98 Å². The fourth-order valence-corrected chi connectivity index (χ4v) is 5.64. The molecule has 0 bridgehead atoms. The molecule has 0 radical (unpaired) electrons. The molecule has 3 aromatic heterocycles. The van der Waals surface area contributed by atoms with Crippen LogP contribution in [0, 0.1) is 5.92 Å². The average Bonchev–Trinajstić information content (AvgIpc) is 3.35. The number of hydrogen-bond donors (Lipinski definition) is 0. The lowest BCUT2D eigenvalue weighted by Crippen LogP contribution is -2.22. The first-order chi connectivity index (χ1) is 12.7. The molecule has 0 saturated heterocycles. The van der Waals surface area contributed by atoms with E-state index < -0.39 is 0 Å². The number of aromatic nitrogens is 4. The van der Waals surface area contributed by atoms with Gasteiger partial charge in [-0.25, -0.2) is 4.98 Å². The van der Waals surface area contributed by atoms with Crippen molar-refractivity contribution in [1.82, 2.24) is 19.7 Å². The van der Waals surface area contributed by atoms with Crippen LogP contribution >= 0.6 is 11.3 Å². The van der Waals surface area contributed by atoms with E-state index in [1.807, 2.05) is 0 Å². The number of thiophene rings is 1. The summed E-state index contributed by atoms with van der Waals surface area (Å²) in [5.74, 6) is 2.36. The second kappa shape index (κ2) is 6.30. The molecule has 2 aliphatic carbocycles. The van der Waals surface area contributed by atoms with Gasteiger partial charge in [-0.1, -0.05) is 24.9 Å². The number of aryl methyl sites for hydroxylation is 1. The molecule has 26 heavy (non-hydrogen) atoms. The lowest BCUT2D eigenvalue weighted by atomic mass is 9.89. The molecule has 0 aromatic carbocycles. The number of hydrogen-bond acceptors (Lipinski definition) is 6. The summed E-state index contributed by atoms with van der Waals surface area (Å²) in [5.41, 5.74) is 1.24. The molecule has 3 aromatic rings. The minimum atomic E-state index is 0.0225. The van der Waals surface area contributed by atoms with Crippen LogP contribution in [-0.4, -0.2) is 19.7 Å². The Labute approximate surface area is 155 Å². The molecule has 0 spiro atoms. The summed E-state index contributed by atoms with van der Waals surface area (Å²) in [6, 6.07) is 0. The van der Waals surface area contributed by atoms with Crippen molar-refractivity contribution in [3.8, 4) is 0 Å². The Morgan fingerprint density at radius 3 is 3.00 bits per heavy atom. The van der Waals surface area contributed by atoms with E-state index in [0.29, 0.717) is 24.2 Å². The maximum absolute atomic E-state index is 13.1. The topological polar surface area (TPSA) is 73.8 Å². The van der Waals surface area contributed by atoms with Gasteiger partial charge in [-0.3, -0.25) is 9.36 Å². The van der Waals surface area contributed by atoms with Crippen molar-refractivity contribution in [2.24, 2.45) is 5.92 Å². The van der Waals surface area contributed by atoms with Gasteiger partial charge in [-0.05, 0) is 43.6 Å². The fraction of sp³-hybridized carbons (Fsp3) is 0.579. The summed E-state index contributed by atoms with van der Waals surface area (Å²) in [6.45, 7) is 2.59. The van der Waals surface area contributed by atoms with E-state index in [-0.39, 0.29) is 5.56 Å². The van der Waals surface area contributed by atoms with Gasteiger partial charge in [-0.15, -0.1) is 11.3 Å². The van der Waals surface area contributed by atoms with Gasteiger partial charge in [0, 0.05) is 10.8 Å². The molecule has 1 atom stereocenters. The van der Waals surface area contributed by atoms with Crippen molar-refractivity contribution in [2.75, 3.05) is 0 Å². The third kappa shape index (κ3) is 2.69. The quantitative estimate of drug-likeness (QED) is 0.703. The first kappa shape index (κ1) is 16.2. The molecular weight excluding hydrogens is 348 g/mol. The van der Waals surface area contributed by atoms with E-state index in [9.17, 15) is 4.79 Å². The van der Waals surface area contributed by atoms with E-state index in [4.69, 9.17) is 4.52 Å². The number of rotatable bonds is 3. The summed E-state index contributed by atoms with van der Waals surface area (Å²) in [6.07, 6.45) is 9.50.